The zero-order valence-corrected chi connectivity index (χ0v) is 16.7. The van der Waals surface area contributed by atoms with Crippen LogP contribution in [0.25, 0.3) is 0 Å². The highest BCUT2D eigenvalue weighted by Crippen LogP contribution is 2.21. The minimum Gasteiger partial charge on any atom is -0.468 e. The predicted octanol–water partition coefficient (Wildman–Crippen LogP) is 3.81. The number of rotatable bonds is 8. The van der Waals surface area contributed by atoms with Gasteiger partial charge in [0.25, 0.3) is 0 Å². The Balaban J connectivity index is 1.83. The van der Waals surface area contributed by atoms with Gasteiger partial charge in [0.15, 0.2) is 0 Å². The Morgan fingerprint density at radius 2 is 1.79 bits per heavy atom. The first-order valence-electron chi connectivity index (χ1n) is 9.06. The lowest BCUT2D eigenvalue weighted by Gasteiger charge is -2.21. The maximum Gasteiger partial charge on any atom is 0.246 e. The second kappa shape index (κ2) is 9.02. The number of halogens is 1. The Labute approximate surface area is 169 Å². The minimum absolute atomic E-state index is 0.203. The third kappa shape index (κ3) is 5.10. The second-order valence-corrected chi connectivity index (χ2v) is 8.29. The van der Waals surface area contributed by atoms with E-state index in [-0.39, 0.29) is 6.54 Å². The number of nitrogens with zero attached hydrogens (tertiary/aromatic N) is 1. The van der Waals surface area contributed by atoms with Crippen molar-refractivity contribution in [2.75, 3.05) is 11.9 Å². The minimum atomic E-state index is -4.27. The molecule has 0 unspecified atom stereocenters. The molecule has 1 N–H and O–H groups in total. The van der Waals surface area contributed by atoms with E-state index < -0.39 is 33.2 Å². The Hall–Kier alpha value is -2.97. The maximum absolute atomic E-state index is 14.2. The molecule has 0 atom stereocenters. The Kier molecular flexibility index (Phi) is 6.46. The van der Waals surface area contributed by atoms with Crippen molar-refractivity contribution in [2.24, 2.45) is 0 Å². The van der Waals surface area contributed by atoms with Gasteiger partial charge in [-0.15, -0.1) is 0 Å². The molecule has 1 amide bonds. The van der Waals surface area contributed by atoms with Crippen molar-refractivity contribution in [3.63, 3.8) is 0 Å². The SMILES string of the molecule is CCc1ccc(NC(=O)CN(Cc2ccco2)S(=O)(=O)c2ccccc2F)cc1. The van der Waals surface area contributed by atoms with Gasteiger partial charge in [-0.25, -0.2) is 12.8 Å². The topological polar surface area (TPSA) is 79.6 Å². The zero-order chi connectivity index (χ0) is 20.9. The van der Waals surface area contributed by atoms with Crippen LogP contribution in [0.3, 0.4) is 0 Å². The zero-order valence-electron chi connectivity index (χ0n) is 15.8. The molecule has 0 fully saturated rings. The lowest BCUT2D eigenvalue weighted by atomic mass is 10.1. The van der Waals surface area contributed by atoms with Crippen LogP contribution in [-0.2, 0) is 27.8 Å². The van der Waals surface area contributed by atoms with Gasteiger partial charge >= 0.3 is 0 Å². The third-order valence-electron chi connectivity index (χ3n) is 4.33. The summed E-state index contributed by atoms with van der Waals surface area (Å²) in [6.07, 6.45) is 2.27. The fraction of sp³-hybridized carbons (Fsp3) is 0.190. The van der Waals surface area contributed by atoms with Gasteiger partial charge in [0, 0.05) is 5.69 Å². The summed E-state index contributed by atoms with van der Waals surface area (Å²) < 4.78 is 46.3. The molecule has 29 heavy (non-hydrogen) atoms. The number of hydrogen-bond donors (Lipinski definition) is 1. The molecule has 0 bridgehead atoms. The summed E-state index contributed by atoms with van der Waals surface area (Å²) in [6, 6.07) is 15.5. The number of carbonyl (C=O) groups excluding carboxylic acids is 1. The summed E-state index contributed by atoms with van der Waals surface area (Å²) in [7, 11) is -4.27. The molecule has 0 radical (unpaired) electrons. The van der Waals surface area contributed by atoms with E-state index in [9.17, 15) is 17.6 Å². The molecule has 0 saturated carbocycles. The van der Waals surface area contributed by atoms with Crippen molar-refractivity contribution >= 4 is 21.6 Å². The van der Waals surface area contributed by atoms with E-state index in [0.29, 0.717) is 11.4 Å². The van der Waals surface area contributed by atoms with Crippen LogP contribution in [0, 0.1) is 5.82 Å². The highest BCUT2D eigenvalue weighted by molar-refractivity contribution is 7.89. The molecule has 152 valence electrons. The number of anilines is 1. The number of sulfonamides is 1. The van der Waals surface area contributed by atoms with Gasteiger partial charge in [-0.2, -0.15) is 4.31 Å². The van der Waals surface area contributed by atoms with Crippen molar-refractivity contribution in [3.8, 4) is 0 Å². The summed E-state index contributed by atoms with van der Waals surface area (Å²) >= 11 is 0. The number of furan rings is 1. The van der Waals surface area contributed by atoms with Gasteiger partial charge < -0.3 is 9.73 Å². The summed E-state index contributed by atoms with van der Waals surface area (Å²) in [4.78, 5) is 12.0. The standard InChI is InChI=1S/C21H21FN2O4S/c1-2-16-9-11-17(12-10-16)23-21(25)15-24(14-18-6-5-13-28-18)29(26,27)20-8-4-3-7-19(20)22/h3-13H,2,14-15H2,1H3,(H,23,25). The molecule has 1 aromatic heterocycles. The molecule has 3 rings (SSSR count). The van der Waals surface area contributed by atoms with Crippen LogP contribution in [0.5, 0.6) is 0 Å². The van der Waals surface area contributed by atoms with Crippen molar-refractivity contribution in [1.82, 2.24) is 4.31 Å². The van der Waals surface area contributed by atoms with Gasteiger partial charge in [0.2, 0.25) is 15.9 Å². The molecule has 6 nitrogen and oxygen atoms in total. The van der Waals surface area contributed by atoms with Crippen molar-refractivity contribution in [2.45, 2.75) is 24.8 Å². The van der Waals surface area contributed by atoms with Gasteiger partial charge in [-0.1, -0.05) is 31.2 Å². The van der Waals surface area contributed by atoms with Crippen LogP contribution >= 0.6 is 0 Å². The van der Waals surface area contributed by atoms with Crippen molar-refractivity contribution in [1.29, 1.82) is 0 Å². The molecule has 0 aliphatic rings. The van der Waals surface area contributed by atoms with E-state index >= 15 is 0 Å². The molecule has 0 aliphatic heterocycles. The van der Waals surface area contributed by atoms with Gasteiger partial charge in [0.05, 0.1) is 19.4 Å². The average molecular weight is 416 g/mol. The summed E-state index contributed by atoms with van der Waals surface area (Å²) in [6.45, 7) is 1.33. The lowest BCUT2D eigenvalue weighted by Crippen LogP contribution is -2.37. The van der Waals surface area contributed by atoms with Crippen molar-refractivity contribution in [3.05, 3.63) is 84.1 Å². The highest BCUT2D eigenvalue weighted by Gasteiger charge is 2.30. The van der Waals surface area contributed by atoms with E-state index in [1.165, 1.54) is 24.5 Å². The highest BCUT2D eigenvalue weighted by atomic mass is 32.2. The summed E-state index contributed by atoms with van der Waals surface area (Å²) in [5.41, 5.74) is 1.66. The first-order chi connectivity index (χ1) is 13.9. The molecule has 0 saturated heterocycles. The summed E-state index contributed by atoms with van der Waals surface area (Å²) in [5, 5.41) is 2.67. The van der Waals surface area contributed by atoms with Crippen LogP contribution < -0.4 is 5.32 Å². The van der Waals surface area contributed by atoms with E-state index in [0.717, 1.165) is 22.4 Å². The smallest absolute Gasteiger partial charge is 0.246 e. The first-order valence-corrected chi connectivity index (χ1v) is 10.5. The molecule has 0 spiro atoms. The first kappa shape index (κ1) is 20.8. The molecule has 3 aromatic rings. The van der Waals surface area contributed by atoms with Crippen LogP contribution in [0.2, 0.25) is 0 Å². The number of benzene rings is 2. The largest absolute Gasteiger partial charge is 0.468 e. The van der Waals surface area contributed by atoms with Crippen LogP contribution in [0.4, 0.5) is 10.1 Å². The normalized spacial score (nSPS) is 11.6. The van der Waals surface area contributed by atoms with E-state index in [2.05, 4.69) is 5.32 Å². The van der Waals surface area contributed by atoms with Crippen LogP contribution in [-0.4, -0.2) is 25.2 Å². The number of hydrogen-bond acceptors (Lipinski definition) is 4. The second-order valence-electron chi connectivity index (χ2n) is 6.38. The number of aryl methyl sites for hydroxylation is 1. The van der Waals surface area contributed by atoms with Crippen molar-refractivity contribution < 1.29 is 22.0 Å². The van der Waals surface area contributed by atoms with Gasteiger partial charge in [-0.3, -0.25) is 4.79 Å². The predicted molar refractivity (Wildman–Crippen MR) is 107 cm³/mol. The Morgan fingerprint density at radius 1 is 1.07 bits per heavy atom. The Morgan fingerprint density at radius 3 is 2.41 bits per heavy atom. The van der Waals surface area contributed by atoms with Crippen LogP contribution in [0.15, 0.2) is 76.2 Å². The number of nitrogens with one attached hydrogen (secondary N) is 1. The van der Waals surface area contributed by atoms with E-state index in [1.807, 2.05) is 19.1 Å². The molecule has 0 aliphatic carbocycles. The number of carbonyl (C=O) groups is 1. The quantitative estimate of drug-likeness (QED) is 0.606. The fourth-order valence-electron chi connectivity index (χ4n) is 2.78. The fourth-order valence-corrected chi connectivity index (χ4v) is 4.21. The third-order valence-corrected chi connectivity index (χ3v) is 6.16. The number of amides is 1. The molecule has 1 heterocycles. The lowest BCUT2D eigenvalue weighted by molar-refractivity contribution is -0.116. The Bertz CT molecular complexity index is 1060. The van der Waals surface area contributed by atoms with Crippen LogP contribution in [0.1, 0.15) is 18.2 Å². The van der Waals surface area contributed by atoms with Gasteiger partial charge in [-0.05, 0) is 48.4 Å². The molecule has 8 heteroatoms. The van der Waals surface area contributed by atoms with Gasteiger partial charge in [0.1, 0.15) is 16.5 Å². The summed E-state index contributed by atoms with van der Waals surface area (Å²) in [5.74, 6) is -1.08. The molecule has 2 aromatic carbocycles. The molecular formula is C21H21FN2O4S. The monoisotopic (exact) mass is 416 g/mol. The molecular weight excluding hydrogens is 395 g/mol. The maximum atomic E-state index is 14.2. The average Bonchev–Trinajstić information content (AvgIpc) is 3.21. The van der Waals surface area contributed by atoms with E-state index in [4.69, 9.17) is 4.42 Å². The van der Waals surface area contributed by atoms with E-state index in [1.54, 1.807) is 24.3 Å².